The van der Waals surface area contributed by atoms with Gasteiger partial charge in [-0.3, -0.25) is 0 Å². The predicted molar refractivity (Wildman–Crippen MR) is 75.7 cm³/mol. The molecule has 0 saturated heterocycles. The molecule has 0 aromatic carbocycles. The standard InChI is InChI=1S/C15H31NO2/c1-5-7-12(8-9-17)11-16-13-10-14(18-6-2)15(13,3)4/h12-14,16-17H,5-11H2,1-4H3. The molecule has 3 nitrogen and oxygen atoms in total. The molecule has 0 spiro atoms. The molecule has 0 aromatic heterocycles. The summed E-state index contributed by atoms with van der Waals surface area (Å²) >= 11 is 0. The van der Waals surface area contributed by atoms with Crippen LogP contribution >= 0.6 is 0 Å². The molecule has 0 radical (unpaired) electrons. The maximum absolute atomic E-state index is 9.07. The van der Waals surface area contributed by atoms with Crippen molar-refractivity contribution in [3.8, 4) is 0 Å². The van der Waals surface area contributed by atoms with Gasteiger partial charge in [-0.15, -0.1) is 0 Å². The molecule has 2 N–H and O–H groups in total. The lowest BCUT2D eigenvalue weighted by Crippen LogP contribution is -2.61. The monoisotopic (exact) mass is 257 g/mol. The maximum atomic E-state index is 9.07. The number of aliphatic hydroxyl groups is 1. The van der Waals surface area contributed by atoms with Gasteiger partial charge in [0, 0.05) is 24.7 Å². The van der Waals surface area contributed by atoms with E-state index in [9.17, 15) is 0 Å². The molecule has 1 aliphatic carbocycles. The lowest BCUT2D eigenvalue weighted by atomic mass is 9.64. The Labute approximate surface area is 112 Å². The minimum atomic E-state index is 0.242. The lowest BCUT2D eigenvalue weighted by molar-refractivity contribution is -0.114. The number of hydrogen-bond acceptors (Lipinski definition) is 3. The van der Waals surface area contributed by atoms with Crippen molar-refractivity contribution in [2.24, 2.45) is 11.3 Å². The fraction of sp³-hybridized carbons (Fsp3) is 1.00. The second-order valence-electron chi connectivity index (χ2n) is 6.13. The summed E-state index contributed by atoms with van der Waals surface area (Å²) in [6.45, 7) is 11.0. The van der Waals surface area contributed by atoms with E-state index in [1.807, 2.05) is 0 Å². The van der Waals surface area contributed by atoms with Crippen molar-refractivity contribution in [2.75, 3.05) is 19.8 Å². The molecular weight excluding hydrogens is 226 g/mol. The molecule has 18 heavy (non-hydrogen) atoms. The van der Waals surface area contributed by atoms with Crippen LogP contribution in [0.5, 0.6) is 0 Å². The number of nitrogens with one attached hydrogen (secondary N) is 1. The van der Waals surface area contributed by atoms with Gasteiger partial charge in [-0.25, -0.2) is 0 Å². The molecular formula is C15H31NO2. The van der Waals surface area contributed by atoms with Crippen LogP contribution in [0.1, 0.15) is 53.4 Å². The average Bonchev–Trinajstić information content (AvgIpc) is 2.33. The molecule has 0 aromatic rings. The van der Waals surface area contributed by atoms with Crippen molar-refractivity contribution in [3.05, 3.63) is 0 Å². The summed E-state index contributed by atoms with van der Waals surface area (Å²) in [5.41, 5.74) is 0.242. The summed E-state index contributed by atoms with van der Waals surface area (Å²) in [7, 11) is 0. The molecule has 0 amide bonds. The van der Waals surface area contributed by atoms with Crippen molar-refractivity contribution >= 4 is 0 Å². The van der Waals surface area contributed by atoms with E-state index in [0.717, 1.165) is 26.0 Å². The van der Waals surface area contributed by atoms with Crippen molar-refractivity contribution < 1.29 is 9.84 Å². The molecule has 1 rings (SSSR count). The van der Waals surface area contributed by atoms with Gasteiger partial charge in [0.15, 0.2) is 0 Å². The van der Waals surface area contributed by atoms with Crippen molar-refractivity contribution in [1.29, 1.82) is 0 Å². The van der Waals surface area contributed by atoms with E-state index in [1.54, 1.807) is 0 Å². The largest absolute Gasteiger partial charge is 0.396 e. The number of aliphatic hydroxyl groups excluding tert-OH is 1. The zero-order chi connectivity index (χ0) is 13.6. The quantitative estimate of drug-likeness (QED) is 0.667. The van der Waals surface area contributed by atoms with Crippen molar-refractivity contribution in [3.63, 3.8) is 0 Å². The molecule has 108 valence electrons. The van der Waals surface area contributed by atoms with Crippen molar-refractivity contribution in [1.82, 2.24) is 5.32 Å². The zero-order valence-corrected chi connectivity index (χ0v) is 12.5. The molecule has 1 fully saturated rings. The average molecular weight is 257 g/mol. The Morgan fingerprint density at radius 3 is 2.56 bits per heavy atom. The Morgan fingerprint density at radius 2 is 2.06 bits per heavy atom. The highest BCUT2D eigenvalue weighted by Crippen LogP contribution is 2.42. The molecule has 3 heteroatoms. The van der Waals surface area contributed by atoms with Gasteiger partial charge in [-0.2, -0.15) is 0 Å². The first kappa shape index (κ1) is 15.9. The van der Waals surface area contributed by atoms with Crippen LogP contribution in [0.25, 0.3) is 0 Å². The third-order valence-electron chi connectivity index (χ3n) is 4.43. The third-order valence-corrected chi connectivity index (χ3v) is 4.43. The minimum absolute atomic E-state index is 0.242. The van der Waals surface area contributed by atoms with Gasteiger partial charge in [0.05, 0.1) is 6.10 Å². The molecule has 0 aliphatic heterocycles. The summed E-state index contributed by atoms with van der Waals surface area (Å²) in [4.78, 5) is 0. The van der Waals surface area contributed by atoms with Crippen LogP contribution < -0.4 is 5.32 Å². The first-order chi connectivity index (χ1) is 8.56. The van der Waals surface area contributed by atoms with Crippen LogP contribution in [-0.4, -0.2) is 37.0 Å². The topological polar surface area (TPSA) is 41.5 Å². The van der Waals surface area contributed by atoms with Crippen molar-refractivity contribution in [2.45, 2.75) is 65.5 Å². The van der Waals surface area contributed by atoms with Gasteiger partial charge < -0.3 is 15.2 Å². The third kappa shape index (κ3) is 3.94. The number of ether oxygens (including phenoxy) is 1. The fourth-order valence-corrected chi connectivity index (χ4v) is 2.96. The van der Waals surface area contributed by atoms with Gasteiger partial charge in [-0.05, 0) is 38.6 Å². The van der Waals surface area contributed by atoms with E-state index in [1.165, 1.54) is 12.8 Å². The van der Waals surface area contributed by atoms with E-state index >= 15 is 0 Å². The van der Waals surface area contributed by atoms with Crippen LogP contribution in [0.4, 0.5) is 0 Å². The molecule has 0 heterocycles. The van der Waals surface area contributed by atoms with Crippen LogP contribution in [0.3, 0.4) is 0 Å². The molecule has 3 unspecified atom stereocenters. The Morgan fingerprint density at radius 1 is 1.33 bits per heavy atom. The van der Waals surface area contributed by atoms with E-state index in [4.69, 9.17) is 9.84 Å². The van der Waals surface area contributed by atoms with Gasteiger partial charge in [0.1, 0.15) is 0 Å². The summed E-state index contributed by atoms with van der Waals surface area (Å²) in [5.74, 6) is 0.613. The smallest absolute Gasteiger partial charge is 0.0655 e. The van der Waals surface area contributed by atoms with E-state index < -0.39 is 0 Å². The van der Waals surface area contributed by atoms with E-state index in [0.29, 0.717) is 24.7 Å². The van der Waals surface area contributed by atoms with Gasteiger partial charge in [-0.1, -0.05) is 27.2 Å². The minimum Gasteiger partial charge on any atom is -0.396 e. The Balaban J connectivity index is 2.31. The summed E-state index contributed by atoms with van der Waals surface area (Å²) in [5, 5.41) is 12.7. The van der Waals surface area contributed by atoms with Gasteiger partial charge in [0.25, 0.3) is 0 Å². The van der Waals surface area contributed by atoms with Crippen LogP contribution in [0.15, 0.2) is 0 Å². The molecule has 1 aliphatic rings. The highest BCUT2D eigenvalue weighted by molar-refractivity contribution is 5.02. The highest BCUT2D eigenvalue weighted by atomic mass is 16.5. The lowest BCUT2D eigenvalue weighted by Gasteiger charge is -2.52. The van der Waals surface area contributed by atoms with Gasteiger partial charge in [0.2, 0.25) is 0 Å². The first-order valence-corrected chi connectivity index (χ1v) is 7.52. The first-order valence-electron chi connectivity index (χ1n) is 7.52. The van der Waals surface area contributed by atoms with Crippen LogP contribution in [0.2, 0.25) is 0 Å². The number of rotatable bonds is 9. The molecule has 3 atom stereocenters. The predicted octanol–water partition coefficient (Wildman–Crippen LogP) is 2.58. The fourth-order valence-electron chi connectivity index (χ4n) is 2.96. The molecule has 0 bridgehead atoms. The Hall–Kier alpha value is -0.120. The zero-order valence-electron chi connectivity index (χ0n) is 12.5. The second-order valence-corrected chi connectivity index (χ2v) is 6.13. The summed E-state index contributed by atoms with van der Waals surface area (Å²) < 4.78 is 5.75. The molecule has 1 saturated carbocycles. The highest BCUT2D eigenvalue weighted by Gasteiger charge is 2.48. The van der Waals surface area contributed by atoms with E-state index in [2.05, 4.69) is 33.0 Å². The normalized spacial score (nSPS) is 27.8. The van der Waals surface area contributed by atoms with Gasteiger partial charge >= 0.3 is 0 Å². The second kappa shape index (κ2) is 7.46. The summed E-state index contributed by atoms with van der Waals surface area (Å²) in [6, 6.07) is 0.562. The SMILES string of the molecule is CCCC(CCO)CNC1CC(OCC)C1(C)C. The Kier molecular flexibility index (Phi) is 6.61. The maximum Gasteiger partial charge on any atom is 0.0655 e. The van der Waals surface area contributed by atoms with E-state index in [-0.39, 0.29) is 5.41 Å². The summed E-state index contributed by atoms with van der Waals surface area (Å²) in [6.07, 6.45) is 4.85. The number of hydrogen-bond donors (Lipinski definition) is 2. The Bertz CT molecular complexity index is 225. The van der Waals surface area contributed by atoms with Crippen LogP contribution in [0, 0.1) is 11.3 Å². The van der Waals surface area contributed by atoms with Crippen LogP contribution in [-0.2, 0) is 4.74 Å².